The number of halogens is 1. The predicted molar refractivity (Wildman–Crippen MR) is 64.1 cm³/mol. The number of rotatable bonds is 1. The van der Waals surface area contributed by atoms with Crippen LogP contribution in [0.2, 0.25) is 0 Å². The van der Waals surface area contributed by atoms with Crippen LogP contribution >= 0.6 is 15.9 Å². The number of carbonyl (C=O) groups excluding carboxylic acids is 2. The van der Waals surface area contributed by atoms with Gasteiger partial charge in [-0.3, -0.25) is 9.59 Å². The Balaban J connectivity index is 2.29. The van der Waals surface area contributed by atoms with Crippen LogP contribution < -0.4 is 4.90 Å². The van der Waals surface area contributed by atoms with Gasteiger partial charge >= 0.3 is 11.8 Å². The van der Waals surface area contributed by atoms with E-state index in [1.54, 1.807) is 7.05 Å². The summed E-state index contributed by atoms with van der Waals surface area (Å²) in [5.74, 6) is -0.918. The van der Waals surface area contributed by atoms with Crippen molar-refractivity contribution < 1.29 is 9.59 Å². The fourth-order valence-corrected chi connectivity index (χ4v) is 2.01. The SMILES string of the molecule is CN1CCN(c2cccc(Br)c2)C(=O)C1=O. The first-order chi connectivity index (χ1) is 7.59. The van der Waals surface area contributed by atoms with E-state index in [2.05, 4.69) is 15.9 Å². The highest BCUT2D eigenvalue weighted by Crippen LogP contribution is 2.21. The highest BCUT2D eigenvalue weighted by molar-refractivity contribution is 9.10. The number of hydrogen-bond acceptors (Lipinski definition) is 2. The molecule has 2 amide bonds. The lowest BCUT2D eigenvalue weighted by Crippen LogP contribution is -2.53. The van der Waals surface area contributed by atoms with Gasteiger partial charge in [0.2, 0.25) is 0 Å². The molecule has 0 N–H and O–H groups in total. The molecule has 5 heteroatoms. The Morgan fingerprint density at radius 2 is 1.94 bits per heavy atom. The number of piperazine rings is 1. The third kappa shape index (κ3) is 1.95. The largest absolute Gasteiger partial charge is 0.336 e. The maximum atomic E-state index is 11.8. The second kappa shape index (κ2) is 4.25. The highest BCUT2D eigenvalue weighted by atomic mass is 79.9. The molecule has 16 heavy (non-hydrogen) atoms. The Morgan fingerprint density at radius 3 is 2.62 bits per heavy atom. The van der Waals surface area contributed by atoms with Gasteiger partial charge < -0.3 is 9.80 Å². The van der Waals surface area contributed by atoms with Crippen molar-refractivity contribution in [3.8, 4) is 0 Å². The first-order valence-corrected chi connectivity index (χ1v) is 5.71. The monoisotopic (exact) mass is 282 g/mol. The highest BCUT2D eigenvalue weighted by Gasteiger charge is 2.31. The van der Waals surface area contributed by atoms with Gasteiger partial charge in [0.05, 0.1) is 0 Å². The van der Waals surface area contributed by atoms with Crippen molar-refractivity contribution >= 4 is 33.4 Å². The van der Waals surface area contributed by atoms with Crippen molar-refractivity contribution in [3.05, 3.63) is 28.7 Å². The van der Waals surface area contributed by atoms with Crippen LogP contribution in [0.4, 0.5) is 5.69 Å². The molecule has 1 aliphatic heterocycles. The van der Waals surface area contributed by atoms with Gasteiger partial charge in [-0.05, 0) is 18.2 Å². The van der Waals surface area contributed by atoms with Gasteiger partial charge in [-0.15, -0.1) is 0 Å². The molecule has 4 nitrogen and oxygen atoms in total. The molecule has 0 bridgehead atoms. The molecule has 0 aliphatic carbocycles. The number of nitrogens with zero attached hydrogens (tertiary/aromatic N) is 2. The Hall–Kier alpha value is -1.36. The minimum absolute atomic E-state index is 0.453. The van der Waals surface area contributed by atoms with E-state index >= 15 is 0 Å². The van der Waals surface area contributed by atoms with Crippen molar-refractivity contribution in [1.29, 1.82) is 0 Å². The predicted octanol–water partition coefficient (Wildman–Crippen LogP) is 1.25. The summed E-state index contributed by atoms with van der Waals surface area (Å²) in [6.45, 7) is 1.11. The molecule has 0 aromatic heterocycles. The lowest BCUT2D eigenvalue weighted by Gasteiger charge is -2.31. The number of anilines is 1. The molecule has 1 aromatic carbocycles. The molecule has 1 aromatic rings. The Labute approximate surface area is 102 Å². The maximum Gasteiger partial charge on any atom is 0.316 e. The summed E-state index contributed by atoms with van der Waals surface area (Å²) in [5, 5.41) is 0. The fraction of sp³-hybridized carbons (Fsp3) is 0.273. The van der Waals surface area contributed by atoms with E-state index in [0.29, 0.717) is 13.1 Å². The van der Waals surface area contributed by atoms with Gasteiger partial charge in [-0.25, -0.2) is 0 Å². The summed E-state index contributed by atoms with van der Waals surface area (Å²) >= 11 is 3.34. The van der Waals surface area contributed by atoms with Gasteiger partial charge in [-0.1, -0.05) is 22.0 Å². The molecule has 0 radical (unpaired) electrons. The third-order valence-electron chi connectivity index (χ3n) is 2.55. The molecule has 1 aliphatic rings. The van der Waals surface area contributed by atoms with Crippen molar-refractivity contribution in [2.45, 2.75) is 0 Å². The van der Waals surface area contributed by atoms with Crippen molar-refractivity contribution in [3.63, 3.8) is 0 Å². The van der Waals surface area contributed by atoms with E-state index in [0.717, 1.165) is 10.2 Å². The van der Waals surface area contributed by atoms with Gasteiger partial charge in [-0.2, -0.15) is 0 Å². The summed E-state index contributed by atoms with van der Waals surface area (Å²) in [6, 6.07) is 7.37. The molecule has 1 saturated heterocycles. The lowest BCUT2D eigenvalue weighted by molar-refractivity contribution is -0.145. The average Bonchev–Trinajstić information content (AvgIpc) is 2.26. The van der Waals surface area contributed by atoms with E-state index in [9.17, 15) is 9.59 Å². The van der Waals surface area contributed by atoms with E-state index in [-0.39, 0.29) is 0 Å². The summed E-state index contributed by atoms with van der Waals surface area (Å²) < 4.78 is 0.893. The Morgan fingerprint density at radius 1 is 1.19 bits per heavy atom. The zero-order chi connectivity index (χ0) is 11.7. The Bertz CT molecular complexity index is 447. The van der Waals surface area contributed by atoms with E-state index in [4.69, 9.17) is 0 Å². The first-order valence-electron chi connectivity index (χ1n) is 4.92. The second-order valence-corrected chi connectivity index (χ2v) is 4.58. The van der Waals surface area contributed by atoms with Crippen molar-refractivity contribution in [1.82, 2.24) is 4.90 Å². The maximum absolute atomic E-state index is 11.8. The average molecular weight is 283 g/mol. The van der Waals surface area contributed by atoms with E-state index < -0.39 is 11.8 Å². The van der Waals surface area contributed by atoms with Crippen LogP contribution in [0, 0.1) is 0 Å². The van der Waals surface area contributed by atoms with Gasteiger partial charge in [0.1, 0.15) is 0 Å². The standard InChI is InChI=1S/C11H11BrN2O2/c1-13-5-6-14(11(16)10(13)15)9-4-2-3-8(12)7-9/h2-4,7H,5-6H2,1H3. The molecular formula is C11H11BrN2O2. The number of benzene rings is 1. The summed E-state index contributed by atoms with van der Waals surface area (Å²) in [5.41, 5.74) is 0.751. The van der Waals surface area contributed by atoms with Crippen molar-refractivity contribution in [2.24, 2.45) is 0 Å². The second-order valence-electron chi connectivity index (χ2n) is 3.66. The zero-order valence-electron chi connectivity index (χ0n) is 8.81. The normalized spacial score (nSPS) is 16.9. The minimum Gasteiger partial charge on any atom is -0.336 e. The van der Waals surface area contributed by atoms with Gasteiger partial charge in [0, 0.05) is 30.3 Å². The van der Waals surface area contributed by atoms with E-state index in [1.165, 1.54) is 9.80 Å². The molecule has 1 heterocycles. The summed E-state index contributed by atoms with van der Waals surface area (Å²) in [4.78, 5) is 26.2. The van der Waals surface area contributed by atoms with Crippen LogP contribution in [0.5, 0.6) is 0 Å². The fourth-order valence-electron chi connectivity index (χ4n) is 1.62. The molecular weight excluding hydrogens is 272 g/mol. The number of amides is 2. The molecule has 0 saturated carbocycles. The topological polar surface area (TPSA) is 40.6 Å². The smallest absolute Gasteiger partial charge is 0.316 e. The Kier molecular flexibility index (Phi) is 2.96. The van der Waals surface area contributed by atoms with Gasteiger partial charge in [0.15, 0.2) is 0 Å². The minimum atomic E-state index is -0.466. The van der Waals surface area contributed by atoms with Crippen LogP contribution in [0.3, 0.4) is 0 Å². The van der Waals surface area contributed by atoms with Crippen LogP contribution in [0.1, 0.15) is 0 Å². The molecule has 2 rings (SSSR count). The quantitative estimate of drug-likeness (QED) is 0.728. The molecule has 0 spiro atoms. The first kappa shape index (κ1) is 11.1. The third-order valence-corrected chi connectivity index (χ3v) is 3.05. The molecule has 0 atom stereocenters. The van der Waals surface area contributed by atoms with Crippen molar-refractivity contribution in [2.75, 3.05) is 25.0 Å². The zero-order valence-corrected chi connectivity index (χ0v) is 10.4. The van der Waals surface area contributed by atoms with E-state index in [1.807, 2.05) is 24.3 Å². The molecule has 1 fully saturated rings. The summed E-state index contributed by atoms with van der Waals surface area (Å²) in [7, 11) is 1.64. The number of carbonyl (C=O) groups is 2. The van der Waals surface area contributed by atoms with Gasteiger partial charge in [0.25, 0.3) is 0 Å². The van der Waals surface area contributed by atoms with Crippen LogP contribution in [-0.4, -0.2) is 36.9 Å². The molecule has 0 unspecified atom stereocenters. The summed E-state index contributed by atoms with van der Waals surface area (Å²) in [6.07, 6.45) is 0. The van der Waals surface area contributed by atoms with Crippen LogP contribution in [0.15, 0.2) is 28.7 Å². The molecule has 84 valence electrons. The van der Waals surface area contributed by atoms with Crippen LogP contribution in [0.25, 0.3) is 0 Å². The number of hydrogen-bond donors (Lipinski definition) is 0. The number of likely N-dealkylation sites (N-methyl/N-ethyl adjacent to an activating group) is 1. The van der Waals surface area contributed by atoms with Crippen LogP contribution in [-0.2, 0) is 9.59 Å². The lowest BCUT2D eigenvalue weighted by atomic mass is 10.2.